The minimum absolute atomic E-state index is 0.696. The fourth-order valence-electron chi connectivity index (χ4n) is 2.27. The molecular formula is C15H15N3O. The largest absolute Gasteiger partial charge is 0.371 e. The van der Waals surface area contributed by atoms with E-state index in [1.165, 1.54) is 5.69 Å². The summed E-state index contributed by atoms with van der Waals surface area (Å²) in [4.78, 5) is 17.6. The summed E-state index contributed by atoms with van der Waals surface area (Å²) in [6.45, 7) is 0.772. The number of hydrogen-bond acceptors (Lipinski definition) is 2. The van der Waals surface area contributed by atoms with E-state index in [2.05, 4.69) is 15.3 Å². The van der Waals surface area contributed by atoms with Crippen LogP contribution in [-0.2, 0) is 6.42 Å². The second-order valence-electron chi connectivity index (χ2n) is 4.45. The third-order valence-corrected chi connectivity index (χ3v) is 3.22. The highest BCUT2D eigenvalue weighted by Crippen LogP contribution is 2.24. The number of fused-ring (bicyclic) bond motifs is 1. The molecule has 3 N–H and O–H groups in total. The Hall–Kier alpha value is -2.49. The number of aldehydes is 1. The molecular weight excluding hydrogens is 238 g/mol. The molecule has 96 valence electrons. The molecule has 0 spiro atoms. The number of H-pyrrole nitrogens is 2. The summed E-state index contributed by atoms with van der Waals surface area (Å²) in [5, 5.41) is 4.24. The summed E-state index contributed by atoms with van der Waals surface area (Å²) < 4.78 is 0. The van der Waals surface area contributed by atoms with Crippen LogP contribution in [0.4, 0.5) is 5.82 Å². The molecule has 0 radical (unpaired) electrons. The van der Waals surface area contributed by atoms with Gasteiger partial charge in [-0.1, -0.05) is 18.2 Å². The van der Waals surface area contributed by atoms with Gasteiger partial charge in [-0.15, -0.1) is 0 Å². The predicted molar refractivity (Wildman–Crippen MR) is 76.7 cm³/mol. The van der Waals surface area contributed by atoms with Gasteiger partial charge < -0.3 is 15.3 Å². The van der Waals surface area contributed by atoms with E-state index in [4.69, 9.17) is 0 Å². The summed E-state index contributed by atoms with van der Waals surface area (Å²) in [7, 11) is 0. The van der Waals surface area contributed by atoms with Crippen LogP contribution in [0.25, 0.3) is 10.9 Å². The molecule has 0 saturated heterocycles. The normalized spacial score (nSPS) is 10.7. The number of nitrogens with one attached hydrogen (secondary N) is 3. The molecule has 2 aromatic heterocycles. The summed E-state index contributed by atoms with van der Waals surface area (Å²) in [5.41, 5.74) is 2.85. The van der Waals surface area contributed by atoms with Crippen LogP contribution in [0.2, 0.25) is 0 Å². The van der Waals surface area contributed by atoms with Crippen LogP contribution >= 0.6 is 0 Å². The standard InChI is InChI=1S/C15H15N3O/c19-10-13-12-5-1-2-6-14(12)18-15(13)17-9-7-11-4-3-8-16-11/h1-6,8,10,16-18H,7,9H2. The molecule has 1 aromatic carbocycles. The Bertz CT molecular complexity index is 683. The fourth-order valence-corrected chi connectivity index (χ4v) is 2.27. The minimum atomic E-state index is 0.696. The predicted octanol–water partition coefficient (Wildman–Crippen LogP) is 2.96. The van der Waals surface area contributed by atoms with Gasteiger partial charge in [-0.2, -0.15) is 0 Å². The van der Waals surface area contributed by atoms with E-state index in [0.717, 1.165) is 36.0 Å². The molecule has 0 unspecified atom stereocenters. The summed E-state index contributed by atoms with van der Waals surface area (Å²) in [6, 6.07) is 11.8. The van der Waals surface area contributed by atoms with Gasteiger partial charge in [0.25, 0.3) is 0 Å². The molecule has 4 nitrogen and oxygen atoms in total. The molecule has 0 bridgehead atoms. The number of benzene rings is 1. The third kappa shape index (κ3) is 2.25. The summed E-state index contributed by atoms with van der Waals surface area (Å²) in [5.74, 6) is 0.794. The molecule has 19 heavy (non-hydrogen) atoms. The van der Waals surface area contributed by atoms with Gasteiger partial charge in [0, 0.05) is 35.8 Å². The first-order valence-corrected chi connectivity index (χ1v) is 6.30. The number of hydrogen-bond donors (Lipinski definition) is 3. The third-order valence-electron chi connectivity index (χ3n) is 3.22. The van der Waals surface area contributed by atoms with Crippen molar-refractivity contribution in [3.8, 4) is 0 Å². The molecule has 0 aliphatic heterocycles. The number of anilines is 1. The number of carbonyl (C=O) groups excluding carboxylic acids is 1. The number of rotatable bonds is 5. The Kier molecular flexibility index (Phi) is 3.06. The van der Waals surface area contributed by atoms with Crippen LogP contribution in [0.1, 0.15) is 16.1 Å². The van der Waals surface area contributed by atoms with Crippen LogP contribution in [0.5, 0.6) is 0 Å². The molecule has 3 rings (SSSR count). The molecule has 2 heterocycles. The maximum atomic E-state index is 11.2. The van der Waals surface area contributed by atoms with E-state index in [9.17, 15) is 4.79 Å². The Morgan fingerprint density at radius 3 is 2.84 bits per heavy atom. The smallest absolute Gasteiger partial charge is 0.154 e. The zero-order valence-electron chi connectivity index (χ0n) is 10.4. The fraction of sp³-hybridized carbons (Fsp3) is 0.133. The van der Waals surface area contributed by atoms with E-state index in [-0.39, 0.29) is 0 Å². The molecule has 0 aliphatic carbocycles. The van der Waals surface area contributed by atoms with Crippen LogP contribution < -0.4 is 5.32 Å². The van der Waals surface area contributed by atoms with Crippen molar-refractivity contribution in [2.75, 3.05) is 11.9 Å². The lowest BCUT2D eigenvalue weighted by molar-refractivity contribution is 0.112. The molecule has 0 atom stereocenters. The number of para-hydroxylation sites is 1. The monoisotopic (exact) mass is 253 g/mol. The maximum Gasteiger partial charge on any atom is 0.154 e. The highest BCUT2D eigenvalue weighted by atomic mass is 16.1. The van der Waals surface area contributed by atoms with Crippen LogP contribution in [-0.4, -0.2) is 22.8 Å². The number of aromatic amines is 2. The Balaban J connectivity index is 1.78. The van der Waals surface area contributed by atoms with Crippen molar-refractivity contribution in [2.45, 2.75) is 6.42 Å². The van der Waals surface area contributed by atoms with Crippen molar-refractivity contribution < 1.29 is 4.79 Å². The quantitative estimate of drug-likeness (QED) is 0.612. The van der Waals surface area contributed by atoms with Gasteiger partial charge in [-0.05, 0) is 18.2 Å². The van der Waals surface area contributed by atoms with Crippen molar-refractivity contribution in [3.05, 3.63) is 53.9 Å². The molecule has 0 amide bonds. The summed E-state index contributed by atoms with van der Waals surface area (Å²) >= 11 is 0. The van der Waals surface area contributed by atoms with E-state index >= 15 is 0 Å². The van der Waals surface area contributed by atoms with Gasteiger partial charge in [0.2, 0.25) is 0 Å². The second kappa shape index (κ2) is 5.02. The van der Waals surface area contributed by atoms with Crippen molar-refractivity contribution in [3.63, 3.8) is 0 Å². The lowest BCUT2D eigenvalue weighted by Gasteiger charge is -2.03. The van der Waals surface area contributed by atoms with Crippen molar-refractivity contribution >= 4 is 23.0 Å². The SMILES string of the molecule is O=Cc1c(NCCc2ccc[nH]2)[nH]c2ccccc12. The lowest BCUT2D eigenvalue weighted by atomic mass is 10.2. The van der Waals surface area contributed by atoms with Crippen LogP contribution in [0, 0.1) is 0 Å². The number of carbonyl (C=O) groups is 1. The topological polar surface area (TPSA) is 60.7 Å². The average Bonchev–Trinajstić information content (AvgIpc) is 3.05. The van der Waals surface area contributed by atoms with Gasteiger partial charge in [0.1, 0.15) is 5.82 Å². The minimum Gasteiger partial charge on any atom is -0.371 e. The van der Waals surface area contributed by atoms with Gasteiger partial charge >= 0.3 is 0 Å². The van der Waals surface area contributed by atoms with Crippen LogP contribution in [0.3, 0.4) is 0 Å². The van der Waals surface area contributed by atoms with E-state index < -0.39 is 0 Å². The zero-order valence-corrected chi connectivity index (χ0v) is 10.4. The Labute approximate surface area is 110 Å². The zero-order chi connectivity index (χ0) is 13.1. The van der Waals surface area contributed by atoms with Crippen molar-refractivity contribution in [2.24, 2.45) is 0 Å². The number of aromatic nitrogens is 2. The summed E-state index contributed by atoms with van der Waals surface area (Å²) in [6.07, 6.45) is 3.70. The molecule has 3 aromatic rings. The lowest BCUT2D eigenvalue weighted by Crippen LogP contribution is -2.06. The maximum absolute atomic E-state index is 11.2. The molecule has 4 heteroatoms. The Morgan fingerprint density at radius 1 is 1.16 bits per heavy atom. The van der Waals surface area contributed by atoms with E-state index in [1.54, 1.807) is 0 Å². The van der Waals surface area contributed by atoms with Gasteiger partial charge in [0.05, 0.1) is 5.56 Å². The van der Waals surface area contributed by atoms with Crippen LogP contribution in [0.15, 0.2) is 42.6 Å². The highest BCUT2D eigenvalue weighted by Gasteiger charge is 2.09. The first kappa shape index (κ1) is 11.6. The van der Waals surface area contributed by atoms with E-state index in [0.29, 0.717) is 5.56 Å². The molecule has 0 saturated carbocycles. The van der Waals surface area contributed by atoms with Gasteiger partial charge in [-0.25, -0.2) is 0 Å². The van der Waals surface area contributed by atoms with Gasteiger partial charge in [-0.3, -0.25) is 4.79 Å². The first-order valence-electron chi connectivity index (χ1n) is 6.30. The first-order chi connectivity index (χ1) is 9.38. The highest BCUT2D eigenvalue weighted by molar-refractivity contribution is 6.03. The Morgan fingerprint density at radius 2 is 2.05 bits per heavy atom. The van der Waals surface area contributed by atoms with Gasteiger partial charge in [0.15, 0.2) is 6.29 Å². The molecule has 0 aliphatic rings. The molecule has 0 fully saturated rings. The van der Waals surface area contributed by atoms with E-state index in [1.807, 2.05) is 42.6 Å². The van der Waals surface area contributed by atoms with Crippen molar-refractivity contribution in [1.29, 1.82) is 0 Å². The second-order valence-corrected chi connectivity index (χ2v) is 4.45. The average molecular weight is 253 g/mol. The van der Waals surface area contributed by atoms with Crippen molar-refractivity contribution in [1.82, 2.24) is 9.97 Å².